The van der Waals surface area contributed by atoms with Crippen molar-refractivity contribution in [2.75, 3.05) is 11.9 Å². The van der Waals surface area contributed by atoms with Crippen LogP contribution in [0.3, 0.4) is 0 Å². The van der Waals surface area contributed by atoms with E-state index in [1.807, 2.05) is 38.1 Å². The molecule has 2 aliphatic carbocycles. The summed E-state index contributed by atoms with van der Waals surface area (Å²) in [5.41, 5.74) is 9.74. The third-order valence-electron chi connectivity index (χ3n) is 7.29. The summed E-state index contributed by atoms with van der Waals surface area (Å²) < 4.78 is 0. The second kappa shape index (κ2) is 11.1. The van der Waals surface area contributed by atoms with Gasteiger partial charge in [-0.25, -0.2) is 4.79 Å². The number of nitrogens with zero attached hydrogens (tertiary/aromatic N) is 3. The van der Waals surface area contributed by atoms with Gasteiger partial charge in [0.1, 0.15) is 5.41 Å². The number of carbonyl (C=O) groups excluding carboxylic acids is 2. The van der Waals surface area contributed by atoms with Crippen LogP contribution in [0.2, 0.25) is 0 Å². The van der Waals surface area contributed by atoms with Crippen molar-refractivity contribution in [3.05, 3.63) is 60.3 Å². The molecule has 1 unspecified atom stereocenters. The average molecular weight is 514 g/mol. The summed E-state index contributed by atoms with van der Waals surface area (Å²) in [5.74, 6) is -0.252. The van der Waals surface area contributed by atoms with E-state index in [4.69, 9.17) is 5.73 Å². The molecule has 2 aliphatic rings. The maximum atomic E-state index is 12.5. The molecule has 2 aromatic heterocycles. The van der Waals surface area contributed by atoms with Gasteiger partial charge in [0, 0.05) is 30.0 Å². The third-order valence-corrected chi connectivity index (χ3v) is 7.29. The number of rotatable bonds is 10. The van der Waals surface area contributed by atoms with E-state index >= 15 is 0 Å². The van der Waals surface area contributed by atoms with Gasteiger partial charge in [0.2, 0.25) is 5.91 Å². The van der Waals surface area contributed by atoms with E-state index in [9.17, 15) is 14.9 Å². The zero-order valence-corrected chi connectivity index (χ0v) is 22.2. The Balaban J connectivity index is 1.49. The van der Waals surface area contributed by atoms with Crippen molar-refractivity contribution >= 4 is 23.2 Å². The van der Waals surface area contributed by atoms with Crippen LogP contribution in [0.15, 0.2) is 48.9 Å². The summed E-state index contributed by atoms with van der Waals surface area (Å²) in [6.45, 7) is 6.64. The lowest BCUT2D eigenvalue weighted by Gasteiger charge is -2.15. The van der Waals surface area contributed by atoms with Crippen molar-refractivity contribution < 1.29 is 9.59 Å². The average Bonchev–Trinajstić information content (AvgIpc) is 3.82. The number of hydrogen-bond acceptors (Lipinski definition) is 6. The summed E-state index contributed by atoms with van der Waals surface area (Å²) >= 11 is 0. The number of aromatic nitrogens is 2. The predicted molar refractivity (Wildman–Crippen MR) is 147 cm³/mol. The number of allylic oxidation sites excluding steroid dienone is 2. The minimum atomic E-state index is -0.889. The van der Waals surface area contributed by atoms with E-state index in [1.165, 1.54) is 19.0 Å². The van der Waals surface area contributed by atoms with E-state index in [0.717, 1.165) is 28.8 Å². The van der Waals surface area contributed by atoms with Crippen molar-refractivity contribution in [3.8, 4) is 17.2 Å². The second-order valence-corrected chi connectivity index (χ2v) is 10.7. The van der Waals surface area contributed by atoms with Gasteiger partial charge in [-0.3, -0.25) is 14.8 Å². The molecule has 2 heterocycles. The summed E-state index contributed by atoms with van der Waals surface area (Å²) in [5, 5.41) is 18.0. The Labute approximate surface area is 223 Å². The first-order valence-electron chi connectivity index (χ1n) is 13.0. The highest BCUT2D eigenvalue weighted by Crippen LogP contribution is 2.47. The Kier molecular flexibility index (Phi) is 7.81. The van der Waals surface area contributed by atoms with Crippen LogP contribution in [0, 0.1) is 29.1 Å². The summed E-state index contributed by atoms with van der Waals surface area (Å²) in [7, 11) is 0. The van der Waals surface area contributed by atoms with Crippen molar-refractivity contribution in [3.63, 3.8) is 0 Å². The third kappa shape index (κ3) is 6.57. The SMILES string of the molecule is Cc1ncc(NC(=O)NCCC2(C)CC2)cc1-c1ccnc(C(/C=C\N)=C/C(C)NC(=O)C2(C#N)CC2)c1. The number of urea groups is 1. The van der Waals surface area contributed by atoms with E-state index in [0.29, 0.717) is 36.2 Å². The molecule has 38 heavy (non-hydrogen) atoms. The van der Waals surface area contributed by atoms with Crippen LogP contribution < -0.4 is 21.7 Å². The standard InChI is InChI=1S/C29H35N7O2/c1-19(35-26(37)29(18-31)8-9-29)14-22(4-11-30)25-15-21(5-12-32-25)24-16-23(17-34-20(24)2)36-27(38)33-13-10-28(3)6-7-28/h4-5,11-12,14-17,19H,6-10,13,30H2,1-3H3,(H,35,37)(H2,33,36,38)/b11-4-,22-14+. The Hall–Kier alpha value is -4.19. The van der Waals surface area contributed by atoms with Crippen LogP contribution in [-0.4, -0.2) is 34.5 Å². The van der Waals surface area contributed by atoms with E-state index in [1.54, 1.807) is 18.5 Å². The van der Waals surface area contributed by atoms with Crippen molar-refractivity contribution in [1.29, 1.82) is 5.26 Å². The Bertz CT molecular complexity index is 1320. The molecule has 198 valence electrons. The molecule has 9 heteroatoms. The molecule has 0 spiro atoms. The Morgan fingerprint density at radius 3 is 2.66 bits per heavy atom. The van der Waals surface area contributed by atoms with Gasteiger partial charge in [-0.1, -0.05) is 13.0 Å². The van der Waals surface area contributed by atoms with Gasteiger partial charge in [0.05, 0.1) is 23.6 Å². The Morgan fingerprint density at radius 1 is 1.24 bits per heavy atom. The molecular formula is C29H35N7O2. The first kappa shape index (κ1) is 26.9. The minimum absolute atomic E-state index is 0.250. The van der Waals surface area contributed by atoms with Gasteiger partial charge in [0.15, 0.2) is 0 Å². The van der Waals surface area contributed by atoms with Crippen LogP contribution in [0.25, 0.3) is 16.7 Å². The molecular weight excluding hydrogens is 478 g/mol. The van der Waals surface area contributed by atoms with Crippen molar-refractivity contribution in [2.45, 2.75) is 58.9 Å². The molecule has 4 rings (SSSR count). The maximum Gasteiger partial charge on any atom is 0.319 e. The molecule has 2 aromatic rings. The predicted octanol–water partition coefficient (Wildman–Crippen LogP) is 4.43. The molecule has 0 saturated heterocycles. The van der Waals surface area contributed by atoms with E-state index < -0.39 is 5.41 Å². The highest BCUT2D eigenvalue weighted by atomic mass is 16.2. The fraction of sp³-hybridized carbons (Fsp3) is 0.414. The number of nitrogens with one attached hydrogen (secondary N) is 3. The molecule has 0 radical (unpaired) electrons. The fourth-order valence-electron chi connectivity index (χ4n) is 4.27. The number of nitrogens with two attached hydrogens (primary N) is 1. The van der Waals surface area contributed by atoms with Crippen LogP contribution >= 0.6 is 0 Å². The van der Waals surface area contributed by atoms with Gasteiger partial charge in [-0.2, -0.15) is 5.26 Å². The highest BCUT2D eigenvalue weighted by molar-refractivity contribution is 5.90. The summed E-state index contributed by atoms with van der Waals surface area (Å²) in [4.78, 5) is 33.9. The van der Waals surface area contributed by atoms with Crippen molar-refractivity contribution in [2.24, 2.45) is 16.6 Å². The molecule has 1 atom stereocenters. The molecule has 5 N–H and O–H groups in total. The summed E-state index contributed by atoms with van der Waals surface area (Å²) in [6.07, 6.45) is 13.0. The lowest BCUT2D eigenvalue weighted by Crippen LogP contribution is -2.36. The lowest BCUT2D eigenvalue weighted by molar-refractivity contribution is -0.124. The first-order chi connectivity index (χ1) is 18.2. The van der Waals surface area contributed by atoms with Gasteiger partial charge in [-0.05, 0) is 93.0 Å². The number of amides is 3. The monoisotopic (exact) mass is 513 g/mol. The normalized spacial score (nSPS) is 17.8. The molecule has 0 aliphatic heterocycles. The fourth-order valence-corrected chi connectivity index (χ4v) is 4.27. The number of pyridine rings is 2. The zero-order chi connectivity index (χ0) is 27.3. The summed E-state index contributed by atoms with van der Waals surface area (Å²) in [6, 6.07) is 7.23. The Morgan fingerprint density at radius 2 is 2.00 bits per heavy atom. The highest BCUT2D eigenvalue weighted by Gasteiger charge is 2.50. The second-order valence-electron chi connectivity index (χ2n) is 10.7. The van der Waals surface area contributed by atoms with Gasteiger partial charge < -0.3 is 21.7 Å². The first-order valence-corrected chi connectivity index (χ1v) is 13.0. The molecule has 2 fully saturated rings. The molecule has 9 nitrogen and oxygen atoms in total. The van der Waals surface area contributed by atoms with Crippen LogP contribution in [0.4, 0.5) is 10.5 Å². The largest absolute Gasteiger partial charge is 0.405 e. The lowest BCUT2D eigenvalue weighted by atomic mass is 10.0. The van der Waals surface area contributed by atoms with Gasteiger partial charge >= 0.3 is 6.03 Å². The number of hydrogen-bond donors (Lipinski definition) is 4. The maximum absolute atomic E-state index is 12.5. The van der Waals surface area contributed by atoms with E-state index in [-0.39, 0.29) is 18.0 Å². The minimum Gasteiger partial charge on any atom is -0.405 e. The zero-order valence-electron chi connectivity index (χ0n) is 22.2. The topological polar surface area (TPSA) is 146 Å². The number of carbonyl (C=O) groups is 2. The number of anilines is 1. The van der Waals surface area contributed by atoms with Crippen LogP contribution in [0.1, 0.15) is 57.3 Å². The smallest absolute Gasteiger partial charge is 0.319 e. The molecule has 0 bridgehead atoms. The number of nitriles is 1. The van der Waals surface area contributed by atoms with Crippen LogP contribution in [0.5, 0.6) is 0 Å². The van der Waals surface area contributed by atoms with E-state index in [2.05, 4.69) is 38.9 Å². The van der Waals surface area contributed by atoms with Gasteiger partial charge in [-0.15, -0.1) is 0 Å². The molecule has 3 amide bonds. The van der Waals surface area contributed by atoms with Crippen LogP contribution in [-0.2, 0) is 4.79 Å². The van der Waals surface area contributed by atoms with Crippen molar-refractivity contribution in [1.82, 2.24) is 20.6 Å². The molecule has 0 aromatic carbocycles. The number of aryl methyl sites for hydroxylation is 1. The van der Waals surface area contributed by atoms with Gasteiger partial charge in [0.25, 0.3) is 0 Å². The molecule has 2 saturated carbocycles. The quantitative estimate of drug-likeness (QED) is 0.346.